The molecular formula is C33H33O6P. The summed E-state index contributed by atoms with van der Waals surface area (Å²) in [5, 5.41) is 11.2. The smallest absolute Gasteiger partial charge is 0.361 e. The molecule has 1 N–H and O–H groups in total. The Morgan fingerprint density at radius 1 is 0.600 bits per heavy atom. The monoisotopic (exact) mass is 556 g/mol. The van der Waals surface area contributed by atoms with Crippen LogP contribution in [0, 0.1) is 0 Å². The molecule has 0 saturated carbocycles. The van der Waals surface area contributed by atoms with Crippen LogP contribution >= 0.6 is 7.60 Å². The summed E-state index contributed by atoms with van der Waals surface area (Å²) in [6.07, 6.45) is -1.69. The van der Waals surface area contributed by atoms with Gasteiger partial charge in [-0.3, -0.25) is 13.6 Å². The number of benzene rings is 4. The second-order valence-electron chi connectivity index (χ2n) is 10.8. The van der Waals surface area contributed by atoms with Gasteiger partial charge in [-0.1, -0.05) is 121 Å². The first-order chi connectivity index (χ1) is 19.2. The predicted molar refractivity (Wildman–Crippen MR) is 153 cm³/mol. The lowest BCUT2D eigenvalue weighted by molar-refractivity contribution is -0.176. The van der Waals surface area contributed by atoms with E-state index in [4.69, 9.17) is 18.5 Å². The van der Waals surface area contributed by atoms with E-state index in [1.165, 1.54) is 6.92 Å². The average Bonchev–Trinajstić information content (AvgIpc) is 3.27. The lowest BCUT2D eigenvalue weighted by Crippen LogP contribution is -2.53. The first-order valence-electron chi connectivity index (χ1n) is 13.5. The highest BCUT2D eigenvalue weighted by Crippen LogP contribution is 2.69. The molecule has 7 heteroatoms. The minimum atomic E-state index is -4.33. The molecule has 206 valence electrons. The van der Waals surface area contributed by atoms with Crippen molar-refractivity contribution >= 4 is 7.60 Å². The Kier molecular flexibility index (Phi) is 6.82. The summed E-state index contributed by atoms with van der Waals surface area (Å²) in [6.45, 7) is 5.16. The van der Waals surface area contributed by atoms with Crippen molar-refractivity contribution in [2.45, 2.75) is 55.8 Å². The Labute approximate surface area is 235 Å². The summed E-state index contributed by atoms with van der Waals surface area (Å²) in [7, 11) is -4.33. The van der Waals surface area contributed by atoms with Crippen LogP contribution in [0.3, 0.4) is 0 Å². The standard InChI is InChI=1S/C33H33O6P/c1-24(34)40(35)38-32(25-16-8-4-9-17-25,26-18-10-5-11-19-26)29-30(37-31(2,3)36-29)33(39-40,27-20-12-6-13-21-27)28-22-14-7-15-23-28/h4-24,29-30,34H,1-3H3/t24-,29-,30-/m1/s1. The van der Waals surface area contributed by atoms with Crippen molar-refractivity contribution in [3.05, 3.63) is 144 Å². The van der Waals surface area contributed by atoms with Crippen LogP contribution in [0.2, 0.25) is 0 Å². The highest BCUT2D eigenvalue weighted by atomic mass is 31.2. The van der Waals surface area contributed by atoms with Crippen molar-refractivity contribution in [3.8, 4) is 0 Å². The summed E-state index contributed by atoms with van der Waals surface area (Å²) in [5.74, 6) is -2.50. The number of aliphatic hydroxyl groups is 1. The fourth-order valence-corrected chi connectivity index (χ4v) is 7.75. The predicted octanol–water partition coefficient (Wildman–Crippen LogP) is 6.97. The van der Waals surface area contributed by atoms with Gasteiger partial charge in [-0.25, -0.2) is 0 Å². The van der Waals surface area contributed by atoms with Gasteiger partial charge in [-0.05, 0) is 43.0 Å². The normalized spacial score (nSPS) is 24.9. The van der Waals surface area contributed by atoms with Crippen LogP contribution in [0.5, 0.6) is 0 Å². The van der Waals surface area contributed by atoms with Gasteiger partial charge in [-0.2, -0.15) is 0 Å². The van der Waals surface area contributed by atoms with Gasteiger partial charge in [0.1, 0.15) is 12.2 Å². The van der Waals surface area contributed by atoms with Crippen LogP contribution < -0.4 is 0 Å². The van der Waals surface area contributed by atoms with Crippen molar-refractivity contribution in [1.29, 1.82) is 0 Å². The zero-order valence-electron chi connectivity index (χ0n) is 22.7. The Balaban J connectivity index is 1.75. The number of fused-ring (bicyclic) bond motifs is 1. The van der Waals surface area contributed by atoms with Gasteiger partial charge in [0.15, 0.2) is 22.8 Å². The highest BCUT2D eigenvalue weighted by Gasteiger charge is 2.69. The summed E-state index contributed by atoms with van der Waals surface area (Å²) >= 11 is 0. The molecule has 0 aromatic heterocycles. The molecule has 0 radical (unpaired) electrons. The van der Waals surface area contributed by atoms with Gasteiger partial charge in [0, 0.05) is 0 Å². The van der Waals surface area contributed by atoms with Crippen molar-refractivity contribution in [2.75, 3.05) is 0 Å². The lowest BCUT2D eigenvalue weighted by atomic mass is 9.72. The quantitative estimate of drug-likeness (QED) is 0.268. The molecule has 0 unspecified atom stereocenters. The third-order valence-electron chi connectivity index (χ3n) is 7.71. The van der Waals surface area contributed by atoms with Crippen molar-refractivity contribution in [1.82, 2.24) is 0 Å². The molecule has 0 bridgehead atoms. The molecule has 6 nitrogen and oxygen atoms in total. The molecular weight excluding hydrogens is 523 g/mol. The van der Waals surface area contributed by atoms with Crippen LogP contribution in [-0.2, 0) is 34.3 Å². The van der Waals surface area contributed by atoms with E-state index in [0.29, 0.717) is 22.3 Å². The third kappa shape index (κ3) is 4.27. The molecule has 2 heterocycles. The van der Waals surface area contributed by atoms with Gasteiger partial charge in [0.2, 0.25) is 0 Å². The van der Waals surface area contributed by atoms with Gasteiger partial charge in [-0.15, -0.1) is 0 Å². The Morgan fingerprint density at radius 3 is 1.12 bits per heavy atom. The number of hydrogen-bond donors (Lipinski definition) is 1. The molecule has 0 amide bonds. The van der Waals surface area contributed by atoms with Gasteiger partial charge in [0.05, 0.1) is 0 Å². The van der Waals surface area contributed by atoms with E-state index in [-0.39, 0.29) is 0 Å². The minimum absolute atomic E-state index is 0.707. The third-order valence-corrected chi connectivity index (χ3v) is 9.71. The maximum absolute atomic E-state index is 15.1. The molecule has 2 aliphatic rings. The Hall–Kier alpha value is -3.09. The topological polar surface area (TPSA) is 74.2 Å². The summed E-state index contributed by atoms with van der Waals surface area (Å²) in [6, 6.07) is 38.2. The van der Waals surface area contributed by atoms with Gasteiger partial charge < -0.3 is 14.6 Å². The van der Waals surface area contributed by atoms with Crippen LogP contribution in [0.1, 0.15) is 43.0 Å². The first kappa shape index (κ1) is 27.1. The van der Waals surface area contributed by atoms with E-state index in [2.05, 4.69) is 0 Å². The minimum Gasteiger partial charge on any atom is -0.381 e. The Bertz CT molecular complexity index is 1310. The van der Waals surface area contributed by atoms with Crippen LogP contribution in [0.4, 0.5) is 0 Å². The highest BCUT2D eigenvalue weighted by molar-refractivity contribution is 7.54. The van der Waals surface area contributed by atoms with E-state index in [0.717, 1.165) is 0 Å². The molecule has 2 aliphatic heterocycles. The number of aliphatic hydroxyl groups excluding tert-OH is 1. The zero-order chi connectivity index (χ0) is 28.0. The van der Waals surface area contributed by atoms with E-state index in [1.54, 1.807) is 0 Å². The van der Waals surface area contributed by atoms with Crippen molar-refractivity contribution < 1.29 is 28.2 Å². The summed E-state index contributed by atoms with van der Waals surface area (Å²) in [5.41, 5.74) is -0.0898. The molecule has 4 aromatic rings. The molecule has 3 atom stereocenters. The molecule has 0 spiro atoms. The summed E-state index contributed by atoms with van der Waals surface area (Å²) < 4.78 is 42.3. The molecule has 2 fully saturated rings. The molecule has 6 rings (SSSR count). The van der Waals surface area contributed by atoms with Crippen molar-refractivity contribution in [3.63, 3.8) is 0 Å². The molecule has 40 heavy (non-hydrogen) atoms. The first-order valence-corrected chi connectivity index (χ1v) is 15.1. The van der Waals surface area contributed by atoms with Crippen LogP contribution in [-0.4, -0.2) is 28.9 Å². The van der Waals surface area contributed by atoms with Crippen LogP contribution in [0.25, 0.3) is 0 Å². The average molecular weight is 557 g/mol. The fourth-order valence-electron chi connectivity index (χ4n) is 5.98. The van der Waals surface area contributed by atoms with E-state index in [1.807, 2.05) is 135 Å². The SMILES string of the molecule is C[C@H](O)P1(=O)OC(c2ccccc2)(c2ccccc2)[C@@H]2OC(C)(C)O[C@H]2C(c2ccccc2)(c2ccccc2)O1. The summed E-state index contributed by atoms with van der Waals surface area (Å²) in [4.78, 5) is 0. The number of hydrogen-bond acceptors (Lipinski definition) is 6. The second kappa shape index (κ2) is 10.1. The number of rotatable bonds is 5. The van der Waals surface area contributed by atoms with Crippen molar-refractivity contribution in [2.24, 2.45) is 0 Å². The maximum Gasteiger partial charge on any atom is 0.361 e. The fraction of sp³-hybridized carbons (Fsp3) is 0.273. The number of ether oxygens (including phenoxy) is 2. The van der Waals surface area contributed by atoms with E-state index < -0.39 is 42.6 Å². The zero-order valence-corrected chi connectivity index (χ0v) is 23.6. The molecule has 0 aliphatic carbocycles. The maximum atomic E-state index is 15.1. The van der Waals surface area contributed by atoms with Gasteiger partial charge >= 0.3 is 7.60 Å². The van der Waals surface area contributed by atoms with E-state index in [9.17, 15) is 5.11 Å². The lowest BCUT2D eigenvalue weighted by Gasteiger charge is -2.41. The molecule has 4 aromatic carbocycles. The van der Waals surface area contributed by atoms with Crippen LogP contribution in [0.15, 0.2) is 121 Å². The molecule has 2 saturated heterocycles. The largest absolute Gasteiger partial charge is 0.381 e. The Morgan fingerprint density at radius 2 is 0.875 bits per heavy atom. The van der Waals surface area contributed by atoms with Gasteiger partial charge in [0.25, 0.3) is 0 Å². The second-order valence-corrected chi connectivity index (χ2v) is 13.0. The van der Waals surface area contributed by atoms with E-state index >= 15 is 4.57 Å².